The van der Waals surface area contributed by atoms with Gasteiger partial charge in [0, 0.05) is 22.2 Å². The van der Waals surface area contributed by atoms with Crippen LogP contribution in [-0.4, -0.2) is 52.2 Å². The maximum atomic E-state index is 13.5. The van der Waals surface area contributed by atoms with Gasteiger partial charge in [-0.3, -0.25) is 14.2 Å². The Balaban J connectivity index is 1.17. The number of nitrogens with zero attached hydrogens (tertiary/aromatic N) is 7. The van der Waals surface area contributed by atoms with Crippen molar-refractivity contribution in [3.05, 3.63) is 93.7 Å². The van der Waals surface area contributed by atoms with Crippen LogP contribution < -0.4 is 15.6 Å². The van der Waals surface area contributed by atoms with E-state index in [0.717, 1.165) is 16.8 Å². The SMILES string of the molecule is O=C1COc2cc(-c3cnc(C4C5=CC5c5nc(-c6cc(Cl)ccc6-n6cnnn6)cc(=O)n54)[nH]3)ccc2N1. The number of anilines is 1. The first-order valence-electron chi connectivity index (χ1n) is 12.0. The average Bonchev–Trinajstić information content (AvgIpc) is 3.28. The van der Waals surface area contributed by atoms with Crippen molar-refractivity contribution in [3.63, 3.8) is 0 Å². The first kappa shape index (κ1) is 21.9. The summed E-state index contributed by atoms with van der Waals surface area (Å²) in [5, 5.41) is 14.7. The second kappa shape index (κ2) is 7.95. The fourth-order valence-corrected chi connectivity index (χ4v) is 5.41. The highest BCUT2D eigenvalue weighted by atomic mass is 35.5. The van der Waals surface area contributed by atoms with Crippen LogP contribution in [0, 0.1) is 0 Å². The van der Waals surface area contributed by atoms with Crippen molar-refractivity contribution in [1.82, 2.24) is 39.7 Å². The average molecular weight is 538 g/mol. The van der Waals surface area contributed by atoms with Gasteiger partial charge in [-0.25, -0.2) is 9.97 Å². The molecule has 2 atom stereocenters. The van der Waals surface area contributed by atoms with E-state index in [1.54, 1.807) is 35.0 Å². The van der Waals surface area contributed by atoms with Crippen molar-refractivity contribution in [3.8, 4) is 34.0 Å². The molecule has 3 aliphatic rings. The predicted molar refractivity (Wildman–Crippen MR) is 139 cm³/mol. The summed E-state index contributed by atoms with van der Waals surface area (Å²) in [5.41, 5.74) is 4.90. The Morgan fingerprint density at radius 2 is 2.03 bits per heavy atom. The molecule has 12 nitrogen and oxygen atoms in total. The van der Waals surface area contributed by atoms with Crippen molar-refractivity contribution in [2.45, 2.75) is 12.0 Å². The molecule has 1 amide bonds. The third kappa shape index (κ3) is 3.42. The van der Waals surface area contributed by atoms with Gasteiger partial charge in [-0.15, -0.1) is 5.10 Å². The molecule has 2 aliphatic heterocycles. The van der Waals surface area contributed by atoms with Gasteiger partial charge < -0.3 is 15.0 Å². The highest BCUT2D eigenvalue weighted by Crippen LogP contribution is 2.53. The van der Waals surface area contributed by atoms with Crippen LogP contribution in [0.4, 0.5) is 5.69 Å². The lowest BCUT2D eigenvalue weighted by molar-refractivity contribution is -0.118. The largest absolute Gasteiger partial charge is 0.482 e. The summed E-state index contributed by atoms with van der Waals surface area (Å²) in [6.45, 7) is -0.0244. The summed E-state index contributed by atoms with van der Waals surface area (Å²) < 4.78 is 8.73. The van der Waals surface area contributed by atoms with Crippen molar-refractivity contribution in [1.29, 1.82) is 0 Å². The summed E-state index contributed by atoms with van der Waals surface area (Å²) in [7, 11) is 0. The van der Waals surface area contributed by atoms with Gasteiger partial charge in [-0.05, 0) is 46.3 Å². The van der Waals surface area contributed by atoms with Gasteiger partial charge in [-0.2, -0.15) is 4.68 Å². The van der Waals surface area contributed by atoms with E-state index in [2.05, 4.69) is 36.9 Å². The molecule has 2 unspecified atom stereocenters. The van der Waals surface area contributed by atoms with Crippen LogP contribution in [0.3, 0.4) is 0 Å². The molecular formula is C26H16ClN9O3. The summed E-state index contributed by atoms with van der Waals surface area (Å²) in [6, 6.07) is 11.9. The molecule has 5 aromatic rings. The number of imidazole rings is 1. The Morgan fingerprint density at radius 1 is 1.10 bits per heavy atom. The molecule has 0 bridgehead atoms. The second-order valence-electron chi connectivity index (χ2n) is 9.40. The molecule has 39 heavy (non-hydrogen) atoms. The Kier molecular flexibility index (Phi) is 4.47. The van der Waals surface area contributed by atoms with E-state index in [9.17, 15) is 9.59 Å². The zero-order valence-corrected chi connectivity index (χ0v) is 20.6. The number of allylic oxidation sites excluding steroid dienone is 2. The molecule has 5 heterocycles. The molecule has 2 aromatic carbocycles. The number of carbonyl (C=O) groups is 1. The predicted octanol–water partition coefficient (Wildman–Crippen LogP) is 2.89. The number of halogens is 1. The third-order valence-electron chi connectivity index (χ3n) is 7.05. The fraction of sp³-hybridized carbons (Fsp3) is 0.115. The number of tetrazole rings is 1. The van der Waals surface area contributed by atoms with E-state index < -0.39 is 0 Å². The van der Waals surface area contributed by atoms with Crippen molar-refractivity contribution in [2.24, 2.45) is 0 Å². The number of hydrogen-bond acceptors (Lipinski definition) is 8. The van der Waals surface area contributed by atoms with Gasteiger partial charge in [0.2, 0.25) is 0 Å². The lowest BCUT2D eigenvalue weighted by Gasteiger charge is -2.18. The maximum absolute atomic E-state index is 13.5. The molecule has 190 valence electrons. The molecule has 0 radical (unpaired) electrons. The number of hydrogen-bond donors (Lipinski definition) is 2. The molecule has 0 saturated carbocycles. The number of amides is 1. The van der Waals surface area contributed by atoms with E-state index >= 15 is 0 Å². The number of H-pyrrole nitrogens is 1. The van der Waals surface area contributed by atoms with Crippen LogP contribution in [0.15, 0.2) is 71.4 Å². The van der Waals surface area contributed by atoms with Gasteiger partial charge in [0.1, 0.15) is 29.8 Å². The molecular weight excluding hydrogens is 522 g/mol. The number of rotatable bonds is 4. The Morgan fingerprint density at radius 3 is 2.90 bits per heavy atom. The topological polar surface area (TPSA) is 146 Å². The summed E-state index contributed by atoms with van der Waals surface area (Å²) in [5.74, 6) is 1.66. The first-order valence-corrected chi connectivity index (χ1v) is 12.4. The molecule has 2 N–H and O–H groups in total. The van der Waals surface area contributed by atoms with Crippen LogP contribution in [0.1, 0.15) is 23.6 Å². The number of benzene rings is 2. The number of carbonyl (C=O) groups excluding carboxylic acids is 1. The standard InChI is InChI=1S/C26H16ClN9O3/c27-13-2-4-20(35-11-29-33-34-35)16(6-13)18-8-23(38)36-24(14-7-15(14)26(36)32-18)25-28-9-19(31-25)12-1-3-17-21(5-12)39-10-22(37)30-17/h1-9,11,15,24H,10H2,(H,28,31)(H,30,37). The third-order valence-corrected chi connectivity index (χ3v) is 7.29. The Bertz CT molecular complexity index is 1930. The first-order chi connectivity index (χ1) is 19.0. The molecule has 1 aliphatic carbocycles. The zero-order valence-electron chi connectivity index (χ0n) is 19.9. The number of ether oxygens (including phenoxy) is 1. The van der Waals surface area contributed by atoms with Crippen LogP contribution in [0.25, 0.3) is 28.2 Å². The minimum absolute atomic E-state index is 0.0244. The van der Waals surface area contributed by atoms with Crippen molar-refractivity contribution < 1.29 is 9.53 Å². The quantitative estimate of drug-likeness (QED) is 0.333. The van der Waals surface area contributed by atoms with E-state index in [0.29, 0.717) is 45.1 Å². The summed E-state index contributed by atoms with van der Waals surface area (Å²) in [6.07, 6.45) is 5.29. The molecule has 3 aromatic heterocycles. The van der Waals surface area contributed by atoms with Gasteiger partial charge >= 0.3 is 0 Å². The molecule has 0 saturated heterocycles. The number of fused-ring (bicyclic) bond motifs is 4. The Labute approximate surface area is 223 Å². The van der Waals surface area contributed by atoms with Gasteiger partial charge in [-0.1, -0.05) is 23.7 Å². The summed E-state index contributed by atoms with van der Waals surface area (Å²) in [4.78, 5) is 38.0. The Hall–Kier alpha value is -5.10. The molecule has 13 heteroatoms. The van der Waals surface area contributed by atoms with E-state index in [4.69, 9.17) is 21.3 Å². The van der Waals surface area contributed by atoms with Crippen molar-refractivity contribution >= 4 is 23.2 Å². The van der Waals surface area contributed by atoms with Crippen molar-refractivity contribution in [2.75, 3.05) is 11.9 Å². The molecule has 0 spiro atoms. The highest BCUT2D eigenvalue weighted by Gasteiger charge is 2.47. The monoisotopic (exact) mass is 537 g/mol. The van der Waals surface area contributed by atoms with Crippen LogP contribution in [-0.2, 0) is 4.79 Å². The number of aromatic amines is 1. The highest BCUT2D eigenvalue weighted by molar-refractivity contribution is 6.31. The zero-order chi connectivity index (χ0) is 26.2. The second-order valence-corrected chi connectivity index (χ2v) is 9.84. The van der Waals surface area contributed by atoms with Crippen LogP contribution in [0.5, 0.6) is 5.75 Å². The smallest absolute Gasteiger partial charge is 0.262 e. The molecule has 0 fully saturated rings. The van der Waals surface area contributed by atoms with Crippen LogP contribution >= 0.6 is 11.6 Å². The number of nitrogens with one attached hydrogen (secondary N) is 2. The summed E-state index contributed by atoms with van der Waals surface area (Å²) >= 11 is 6.30. The lowest BCUT2D eigenvalue weighted by Crippen LogP contribution is -2.26. The van der Waals surface area contributed by atoms with Gasteiger partial charge in [0.05, 0.1) is 34.9 Å². The van der Waals surface area contributed by atoms with E-state index in [-0.39, 0.29) is 30.0 Å². The van der Waals surface area contributed by atoms with E-state index in [1.165, 1.54) is 17.1 Å². The van der Waals surface area contributed by atoms with Gasteiger partial charge in [0.15, 0.2) is 6.61 Å². The van der Waals surface area contributed by atoms with Crippen LogP contribution in [0.2, 0.25) is 5.02 Å². The fourth-order valence-electron chi connectivity index (χ4n) is 5.23. The minimum atomic E-state index is -0.376. The normalized spacial score (nSPS) is 18.5. The van der Waals surface area contributed by atoms with E-state index in [1.807, 2.05) is 12.1 Å². The van der Waals surface area contributed by atoms with Gasteiger partial charge in [0.25, 0.3) is 11.5 Å². The lowest BCUT2D eigenvalue weighted by atomic mass is 10.1. The molecule has 8 rings (SSSR count). The maximum Gasteiger partial charge on any atom is 0.262 e. The minimum Gasteiger partial charge on any atom is -0.482 e. The number of aromatic nitrogens is 8.